The third kappa shape index (κ3) is 3.34. The summed E-state index contributed by atoms with van der Waals surface area (Å²) in [6.07, 6.45) is 3.27. The number of piperazine rings is 1. The summed E-state index contributed by atoms with van der Waals surface area (Å²) in [7, 11) is 3.22. The van der Waals surface area contributed by atoms with Crippen LogP contribution in [0.4, 0.5) is 5.69 Å². The van der Waals surface area contributed by atoms with Gasteiger partial charge in [-0.25, -0.2) is 0 Å². The average molecular weight is 315 g/mol. The zero-order valence-corrected chi connectivity index (χ0v) is 13.4. The highest BCUT2D eigenvalue weighted by Crippen LogP contribution is 2.27. The predicted molar refractivity (Wildman–Crippen MR) is 88.3 cm³/mol. The lowest BCUT2D eigenvalue weighted by Crippen LogP contribution is -2.52. The summed E-state index contributed by atoms with van der Waals surface area (Å²) in [6, 6.07) is 7.92. The van der Waals surface area contributed by atoms with Crippen LogP contribution in [-0.4, -0.2) is 62.5 Å². The number of pyridine rings is 1. The van der Waals surface area contributed by atoms with E-state index in [4.69, 9.17) is 9.47 Å². The first kappa shape index (κ1) is 15.9. The molecule has 1 amide bonds. The first-order valence-corrected chi connectivity index (χ1v) is 7.64. The second kappa shape index (κ2) is 7.04. The van der Waals surface area contributed by atoms with Gasteiger partial charge in [-0.15, -0.1) is 0 Å². The third-order valence-electron chi connectivity index (χ3n) is 4.18. The Labute approximate surface area is 135 Å². The molecule has 0 unspecified atom stereocenters. The number of ether oxygens (including phenoxy) is 2. The van der Waals surface area contributed by atoms with Crippen LogP contribution in [-0.2, 0) is 14.3 Å². The number of fused-ring (bicyclic) bond motifs is 1. The van der Waals surface area contributed by atoms with E-state index in [-0.39, 0.29) is 12.2 Å². The minimum Gasteiger partial charge on any atom is -0.355 e. The Kier molecular flexibility index (Phi) is 4.85. The van der Waals surface area contributed by atoms with Crippen LogP contribution in [0, 0.1) is 0 Å². The van der Waals surface area contributed by atoms with E-state index in [9.17, 15) is 4.79 Å². The summed E-state index contributed by atoms with van der Waals surface area (Å²) in [5, 5.41) is 2.09. The van der Waals surface area contributed by atoms with Crippen LogP contribution < -0.4 is 4.90 Å². The van der Waals surface area contributed by atoms with Crippen molar-refractivity contribution < 1.29 is 14.3 Å². The number of rotatable bonds is 5. The van der Waals surface area contributed by atoms with Crippen LogP contribution in [0.1, 0.15) is 0 Å². The van der Waals surface area contributed by atoms with Gasteiger partial charge in [0, 0.05) is 50.5 Å². The van der Waals surface area contributed by atoms with Crippen molar-refractivity contribution in [3.05, 3.63) is 36.7 Å². The number of carbonyl (C=O) groups is 1. The monoisotopic (exact) mass is 315 g/mol. The van der Waals surface area contributed by atoms with Crippen molar-refractivity contribution in [2.24, 2.45) is 0 Å². The molecule has 1 saturated heterocycles. The minimum absolute atomic E-state index is 0.0894. The Bertz CT molecular complexity index is 682. The quantitative estimate of drug-likeness (QED) is 0.783. The number of hydrogen-bond acceptors (Lipinski definition) is 5. The van der Waals surface area contributed by atoms with Gasteiger partial charge in [-0.3, -0.25) is 14.7 Å². The van der Waals surface area contributed by atoms with Crippen LogP contribution in [0.3, 0.4) is 0 Å². The number of carbonyl (C=O) groups excluding carboxylic acids is 1. The zero-order valence-electron chi connectivity index (χ0n) is 13.4. The predicted octanol–water partition coefficient (Wildman–Crippen LogP) is 1.50. The van der Waals surface area contributed by atoms with E-state index in [1.807, 2.05) is 35.4 Å². The first-order chi connectivity index (χ1) is 11.2. The summed E-state index contributed by atoms with van der Waals surface area (Å²) in [5.74, 6) is 0.0894. The van der Waals surface area contributed by atoms with Gasteiger partial charge < -0.3 is 14.4 Å². The van der Waals surface area contributed by atoms with E-state index >= 15 is 0 Å². The molecule has 1 aromatic heterocycles. The van der Waals surface area contributed by atoms with Gasteiger partial charge in [0.05, 0.1) is 18.8 Å². The Hall–Kier alpha value is -2.02. The molecule has 6 heteroatoms. The normalized spacial score (nSPS) is 16.5. The second-order valence-corrected chi connectivity index (χ2v) is 5.56. The highest BCUT2D eigenvalue weighted by atomic mass is 16.7. The zero-order chi connectivity index (χ0) is 16.2. The lowest BCUT2D eigenvalue weighted by Gasteiger charge is -2.35. The van der Waals surface area contributed by atoms with E-state index in [1.54, 1.807) is 20.4 Å². The molecule has 1 aliphatic heterocycles. The molecule has 3 rings (SSSR count). The molecule has 0 atom stereocenters. The fraction of sp³-hybridized carbons (Fsp3) is 0.412. The number of amides is 1. The molecule has 0 spiro atoms. The van der Waals surface area contributed by atoms with E-state index in [1.165, 1.54) is 0 Å². The van der Waals surface area contributed by atoms with Crippen molar-refractivity contribution in [1.29, 1.82) is 0 Å². The molecule has 2 heterocycles. The van der Waals surface area contributed by atoms with Gasteiger partial charge in [-0.1, -0.05) is 12.1 Å². The van der Waals surface area contributed by atoms with E-state index in [2.05, 4.69) is 9.88 Å². The molecular formula is C17H21N3O3. The van der Waals surface area contributed by atoms with Crippen molar-refractivity contribution in [2.75, 3.05) is 45.3 Å². The largest absolute Gasteiger partial charge is 0.355 e. The van der Waals surface area contributed by atoms with Gasteiger partial charge in [0.2, 0.25) is 5.91 Å². The lowest BCUT2D eigenvalue weighted by atomic mass is 10.1. The lowest BCUT2D eigenvalue weighted by molar-refractivity contribution is -0.130. The SMILES string of the molecule is COC(CN1CCN(c2cccc3cnccc23)C(=O)C1)OC. The first-order valence-electron chi connectivity index (χ1n) is 7.64. The van der Waals surface area contributed by atoms with E-state index < -0.39 is 0 Å². The van der Waals surface area contributed by atoms with Gasteiger partial charge in [-0.05, 0) is 12.1 Å². The molecule has 122 valence electrons. The molecule has 0 bridgehead atoms. The minimum atomic E-state index is -0.307. The standard InChI is InChI=1S/C17H21N3O3/c1-22-17(23-2)12-19-8-9-20(16(21)11-19)15-5-3-4-13-10-18-7-6-14(13)15/h3-7,10,17H,8-9,11-12H2,1-2H3. The fourth-order valence-electron chi connectivity index (χ4n) is 2.93. The third-order valence-corrected chi connectivity index (χ3v) is 4.18. The van der Waals surface area contributed by atoms with Crippen LogP contribution >= 0.6 is 0 Å². The number of aromatic nitrogens is 1. The molecule has 0 N–H and O–H groups in total. The molecule has 1 aliphatic rings. The van der Waals surface area contributed by atoms with Crippen LogP contribution in [0.25, 0.3) is 10.8 Å². The van der Waals surface area contributed by atoms with Crippen LogP contribution in [0.5, 0.6) is 0 Å². The van der Waals surface area contributed by atoms with Gasteiger partial charge in [0.25, 0.3) is 0 Å². The molecular weight excluding hydrogens is 294 g/mol. The Balaban J connectivity index is 1.77. The van der Waals surface area contributed by atoms with Crippen molar-refractivity contribution in [2.45, 2.75) is 6.29 Å². The number of methoxy groups -OCH3 is 2. The Morgan fingerprint density at radius 2 is 2.04 bits per heavy atom. The van der Waals surface area contributed by atoms with Crippen LogP contribution in [0.15, 0.2) is 36.7 Å². The fourth-order valence-corrected chi connectivity index (χ4v) is 2.93. The Morgan fingerprint density at radius 3 is 2.78 bits per heavy atom. The molecule has 0 saturated carbocycles. The van der Waals surface area contributed by atoms with Crippen molar-refractivity contribution in [3.8, 4) is 0 Å². The maximum absolute atomic E-state index is 12.6. The van der Waals surface area contributed by atoms with Gasteiger partial charge in [-0.2, -0.15) is 0 Å². The highest BCUT2D eigenvalue weighted by Gasteiger charge is 2.27. The molecule has 0 radical (unpaired) electrons. The number of nitrogens with zero attached hydrogens (tertiary/aromatic N) is 3. The molecule has 6 nitrogen and oxygen atoms in total. The van der Waals surface area contributed by atoms with Crippen molar-refractivity contribution in [1.82, 2.24) is 9.88 Å². The summed E-state index contributed by atoms with van der Waals surface area (Å²) < 4.78 is 10.4. The maximum atomic E-state index is 12.6. The molecule has 0 aliphatic carbocycles. The smallest absolute Gasteiger partial charge is 0.241 e. The van der Waals surface area contributed by atoms with E-state index in [0.717, 1.165) is 23.0 Å². The summed E-state index contributed by atoms with van der Waals surface area (Å²) in [6.45, 7) is 2.40. The summed E-state index contributed by atoms with van der Waals surface area (Å²) in [4.78, 5) is 20.6. The van der Waals surface area contributed by atoms with Crippen molar-refractivity contribution in [3.63, 3.8) is 0 Å². The second-order valence-electron chi connectivity index (χ2n) is 5.56. The maximum Gasteiger partial charge on any atom is 0.241 e. The van der Waals surface area contributed by atoms with Gasteiger partial charge in [0.15, 0.2) is 6.29 Å². The molecule has 1 aromatic carbocycles. The topological polar surface area (TPSA) is 54.9 Å². The van der Waals surface area contributed by atoms with Gasteiger partial charge >= 0.3 is 0 Å². The molecule has 23 heavy (non-hydrogen) atoms. The highest BCUT2D eigenvalue weighted by molar-refractivity contribution is 6.04. The number of anilines is 1. The van der Waals surface area contributed by atoms with E-state index in [0.29, 0.717) is 19.6 Å². The average Bonchev–Trinajstić information content (AvgIpc) is 2.59. The molecule has 1 fully saturated rings. The van der Waals surface area contributed by atoms with Gasteiger partial charge in [0.1, 0.15) is 0 Å². The summed E-state index contributed by atoms with van der Waals surface area (Å²) >= 11 is 0. The van der Waals surface area contributed by atoms with Crippen LogP contribution in [0.2, 0.25) is 0 Å². The van der Waals surface area contributed by atoms with Crippen molar-refractivity contribution >= 4 is 22.4 Å². The number of benzene rings is 1. The summed E-state index contributed by atoms with van der Waals surface area (Å²) in [5.41, 5.74) is 0.949. The Morgan fingerprint density at radius 1 is 1.22 bits per heavy atom. The molecule has 2 aromatic rings. The number of hydrogen-bond donors (Lipinski definition) is 0.